The molecule has 0 unspecified atom stereocenters. The first kappa shape index (κ1) is 9.84. The van der Waals surface area contributed by atoms with Gasteiger partial charge >= 0.3 is 0 Å². The lowest BCUT2D eigenvalue weighted by Crippen LogP contribution is -1.84. The maximum absolute atomic E-state index is 5.14. The molecule has 2 nitrogen and oxygen atoms in total. The Morgan fingerprint density at radius 1 is 1.07 bits per heavy atom. The molecule has 78 valence electrons. The zero-order chi connectivity index (χ0) is 10.8. The lowest BCUT2D eigenvalue weighted by molar-refractivity contribution is 0.415. The molecule has 0 saturated carbocycles. The summed E-state index contributed by atoms with van der Waals surface area (Å²) in [5.41, 5.74) is 5.00. The molecule has 2 aromatic rings. The summed E-state index contributed by atoms with van der Waals surface area (Å²) in [6.07, 6.45) is 2.04. The van der Waals surface area contributed by atoms with E-state index in [2.05, 4.69) is 31.0 Å². The molecule has 2 heteroatoms. The van der Waals surface area contributed by atoms with Gasteiger partial charge in [0.05, 0.1) is 7.11 Å². The molecule has 15 heavy (non-hydrogen) atoms. The van der Waals surface area contributed by atoms with Crippen molar-refractivity contribution in [2.24, 2.45) is 0 Å². The van der Waals surface area contributed by atoms with Crippen molar-refractivity contribution >= 4 is 0 Å². The van der Waals surface area contributed by atoms with Crippen molar-refractivity contribution in [2.75, 3.05) is 7.11 Å². The molecule has 0 radical (unpaired) electrons. The van der Waals surface area contributed by atoms with Gasteiger partial charge in [-0.3, -0.25) is 0 Å². The van der Waals surface area contributed by atoms with Crippen LogP contribution in [0.15, 0.2) is 30.5 Å². The van der Waals surface area contributed by atoms with Crippen LogP contribution in [0.3, 0.4) is 0 Å². The number of methoxy groups -OCH3 is 1. The van der Waals surface area contributed by atoms with Gasteiger partial charge in [-0.1, -0.05) is 12.1 Å². The zero-order valence-electron chi connectivity index (χ0n) is 9.29. The van der Waals surface area contributed by atoms with E-state index in [-0.39, 0.29) is 0 Å². The smallest absolute Gasteiger partial charge is 0.118 e. The number of hydrogen-bond donors (Lipinski definition) is 1. The Hall–Kier alpha value is -1.70. The monoisotopic (exact) mass is 201 g/mol. The number of aromatic amines is 1. The van der Waals surface area contributed by atoms with E-state index < -0.39 is 0 Å². The van der Waals surface area contributed by atoms with E-state index >= 15 is 0 Å². The summed E-state index contributed by atoms with van der Waals surface area (Å²) in [6.45, 7) is 4.20. The second-order valence-electron chi connectivity index (χ2n) is 3.70. The Morgan fingerprint density at radius 3 is 2.20 bits per heavy atom. The van der Waals surface area contributed by atoms with Crippen LogP contribution in [0, 0.1) is 13.8 Å². The van der Waals surface area contributed by atoms with Gasteiger partial charge in [-0.15, -0.1) is 0 Å². The number of benzene rings is 1. The minimum atomic E-state index is 0.893. The van der Waals surface area contributed by atoms with Gasteiger partial charge in [0.2, 0.25) is 0 Å². The van der Waals surface area contributed by atoms with E-state index in [9.17, 15) is 0 Å². The van der Waals surface area contributed by atoms with E-state index in [1.54, 1.807) is 7.11 Å². The maximum atomic E-state index is 5.14. The van der Waals surface area contributed by atoms with Gasteiger partial charge in [0.1, 0.15) is 5.75 Å². The van der Waals surface area contributed by atoms with Crippen molar-refractivity contribution in [3.63, 3.8) is 0 Å². The molecule has 0 atom stereocenters. The number of hydrogen-bond acceptors (Lipinski definition) is 1. The summed E-state index contributed by atoms with van der Waals surface area (Å²) in [5, 5.41) is 0. The molecular weight excluding hydrogens is 186 g/mol. The molecule has 1 aromatic heterocycles. The van der Waals surface area contributed by atoms with E-state index in [0.717, 1.165) is 5.75 Å². The first-order valence-corrected chi connectivity index (χ1v) is 5.01. The maximum Gasteiger partial charge on any atom is 0.118 e. The fourth-order valence-corrected chi connectivity index (χ4v) is 1.86. The third-order valence-electron chi connectivity index (χ3n) is 2.65. The number of aryl methyl sites for hydroxylation is 2. The Morgan fingerprint density at radius 2 is 1.73 bits per heavy atom. The lowest BCUT2D eigenvalue weighted by atomic mass is 10.0. The second kappa shape index (κ2) is 3.81. The standard InChI is InChI=1S/C13H15NO/c1-9-8-14-10(2)13(9)11-4-6-12(15-3)7-5-11/h4-8,14H,1-3H3. The largest absolute Gasteiger partial charge is 0.497 e. The quantitative estimate of drug-likeness (QED) is 0.792. The molecule has 2 rings (SSSR count). The third-order valence-corrected chi connectivity index (χ3v) is 2.65. The van der Waals surface area contributed by atoms with Crippen LogP contribution in [-0.4, -0.2) is 12.1 Å². The molecule has 1 heterocycles. The van der Waals surface area contributed by atoms with Gasteiger partial charge in [0, 0.05) is 17.5 Å². The lowest BCUT2D eigenvalue weighted by Gasteiger charge is -2.04. The molecule has 0 bridgehead atoms. The molecule has 0 fully saturated rings. The van der Waals surface area contributed by atoms with Gasteiger partial charge < -0.3 is 9.72 Å². The van der Waals surface area contributed by atoms with Gasteiger partial charge in [-0.2, -0.15) is 0 Å². The van der Waals surface area contributed by atoms with Crippen LogP contribution in [0.25, 0.3) is 11.1 Å². The highest BCUT2D eigenvalue weighted by Crippen LogP contribution is 2.27. The third kappa shape index (κ3) is 1.75. The highest BCUT2D eigenvalue weighted by Gasteiger charge is 2.06. The summed E-state index contributed by atoms with van der Waals surface area (Å²) < 4.78 is 5.14. The predicted octanol–water partition coefficient (Wildman–Crippen LogP) is 3.31. The van der Waals surface area contributed by atoms with Crippen molar-refractivity contribution in [3.05, 3.63) is 41.7 Å². The molecule has 0 spiro atoms. The average molecular weight is 201 g/mol. The average Bonchev–Trinajstić information content (AvgIpc) is 2.59. The Balaban J connectivity index is 2.45. The molecule has 0 amide bonds. The van der Waals surface area contributed by atoms with E-state index in [1.165, 1.54) is 22.4 Å². The van der Waals surface area contributed by atoms with Crippen molar-refractivity contribution in [1.29, 1.82) is 0 Å². The van der Waals surface area contributed by atoms with Crippen LogP contribution >= 0.6 is 0 Å². The molecule has 0 aliphatic heterocycles. The number of H-pyrrole nitrogens is 1. The van der Waals surface area contributed by atoms with Crippen LogP contribution in [-0.2, 0) is 0 Å². The minimum absolute atomic E-state index is 0.893. The second-order valence-corrected chi connectivity index (χ2v) is 3.70. The minimum Gasteiger partial charge on any atom is -0.497 e. The predicted molar refractivity (Wildman–Crippen MR) is 62.3 cm³/mol. The summed E-state index contributed by atoms with van der Waals surface area (Å²) >= 11 is 0. The molecule has 0 aliphatic carbocycles. The fraction of sp³-hybridized carbons (Fsp3) is 0.231. The molecule has 1 aromatic carbocycles. The summed E-state index contributed by atoms with van der Waals surface area (Å²) in [6, 6.07) is 8.15. The van der Waals surface area contributed by atoms with Crippen molar-refractivity contribution in [2.45, 2.75) is 13.8 Å². The topological polar surface area (TPSA) is 25.0 Å². The van der Waals surface area contributed by atoms with Crippen LogP contribution < -0.4 is 4.74 Å². The number of ether oxygens (including phenoxy) is 1. The summed E-state index contributed by atoms with van der Waals surface area (Å²) in [5.74, 6) is 0.893. The SMILES string of the molecule is COc1ccc(-c2c(C)c[nH]c2C)cc1. The van der Waals surface area contributed by atoms with Crippen molar-refractivity contribution in [1.82, 2.24) is 4.98 Å². The van der Waals surface area contributed by atoms with Crippen LogP contribution in [0.1, 0.15) is 11.3 Å². The number of nitrogens with one attached hydrogen (secondary N) is 1. The molecule has 0 saturated heterocycles. The van der Waals surface area contributed by atoms with Crippen molar-refractivity contribution < 1.29 is 4.74 Å². The first-order chi connectivity index (χ1) is 7.22. The van der Waals surface area contributed by atoms with Gasteiger partial charge in [0.15, 0.2) is 0 Å². The zero-order valence-corrected chi connectivity index (χ0v) is 9.29. The molecule has 1 N–H and O–H groups in total. The highest BCUT2D eigenvalue weighted by molar-refractivity contribution is 5.70. The Bertz CT molecular complexity index is 434. The van der Waals surface area contributed by atoms with E-state index in [1.807, 2.05) is 18.3 Å². The fourth-order valence-electron chi connectivity index (χ4n) is 1.86. The van der Waals surface area contributed by atoms with Crippen LogP contribution in [0.5, 0.6) is 5.75 Å². The number of aromatic nitrogens is 1. The normalized spacial score (nSPS) is 10.3. The van der Waals surface area contributed by atoms with Crippen LogP contribution in [0.2, 0.25) is 0 Å². The van der Waals surface area contributed by atoms with Gasteiger partial charge in [-0.05, 0) is 37.1 Å². The molecular formula is C13H15NO. The number of rotatable bonds is 2. The Kier molecular flexibility index (Phi) is 2.50. The first-order valence-electron chi connectivity index (χ1n) is 5.01. The van der Waals surface area contributed by atoms with E-state index in [0.29, 0.717) is 0 Å². The summed E-state index contributed by atoms with van der Waals surface area (Å²) in [7, 11) is 1.68. The van der Waals surface area contributed by atoms with Crippen molar-refractivity contribution in [3.8, 4) is 16.9 Å². The highest BCUT2D eigenvalue weighted by atomic mass is 16.5. The molecule has 0 aliphatic rings. The van der Waals surface area contributed by atoms with Crippen LogP contribution in [0.4, 0.5) is 0 Å². The summed E-state index contributed by atoms with van der Waals surface area (Å²) in [4.78, 5) is 3.23. The van der Waals surface area contributed by atoms with Gasteiger partial charge in [0.25, 0.3) is 0 Å². The Labute approximate surface area is 89.9 Å². The van der Waals surface area contributed by atoms with Gasteiger partial charge in [-0.25, -0.2) is 0 Å². The van der Waals surface area contributed by atoms with E-state index in [4.69, 9.17) is 4.74 Å².